The monoisotopic (exact) mass is 633 g/mol. The summed E-state index contributed by atoms with van der Waals surface area (Å²) >= 11 is 1.58. The fraction of sp³-hybridized carbons (Fsp3) is 0.278. The van der Waals surface area contributed by atoms with Crippen LogP contribution in [-0.2, 0) is 0 Å². The van der Waals surface area contributed by atoms with Crippen molar-refractivity contribution in [2.24, 2.45) is 0 Å². The first-order valence-electron chi connectivity index (χ1n) is 15.5. The molecule has 10 heteroatoms. The third-order valence-electron chi connectivity index (χ3n) is 8.44. The molecule has 1 unspecified atom stereocenters. The van der Waals surface area contributed by atoms with E-state index in [4.69, 9.17) is 14.5 Å². The van der Waals surface area contributed by atoms with Crippen molar-refractivity contribution in [2.75, 3.05) is 18.4 Å². The Bertz CT molecular complexity index is 1990. The Morgan fingerprint density at radius 3 is 2.48 bits per heavy atom. The molecule has 0 aliphatic carbocycles. The fourth-order valence-corrected chi connectivity index (χ4v) is 7.41. The first-order chi connectivity index (χ1) is 22.3. The molecule has 0 saturated carbocycles. The van der Waals surface area contributed by atoms with Gasteiger partial charge in [-0.2, -0.15) is 4.98 Å². The van der Waals surface area contributed by atoms with Crippen molar-refractivity contribution in [1.82, 2.24) is 19.9 Å². The number of pyridine rings is 1. The Hall–Kier alpha value is -4.67. The maximum absolute atomic E-state index is 14.4. The van der Waals surface area contributed by atoms with E-state index in [9.17, 15) is 9.59 Å². The Balaban J connectivity index is 1.29. The van der Waals surface area contributed by atoms with Crippen molar-refractivity contribution in [3.8, 4) is 17.2 Å². The van der Waals surface area contributed by atoms with Crippen LogP contribution in [0.2, 0.25) is 0 Å². The first-order valence-corrected chi connectivity index (χ1v) is 16.3. The molecule has 2 aromatic heterocycles. The fourth-order valence-electron chi connectivity index (χ4n) is 6.10. The number of carbonyl (C=O) groups is 1. The largest absolute Gasteiger partial charge is 0.490 e. The molecule has 0 bridgehead atoms. The van der Waals surface area contributed by atoms with Gasteiger partial charge < -0.3 is 20.1 Å². The molecule has 5 aromatic rings. The van der Waals surface area contributed by atoms with Crippen LogP contribution in [0.25, 0.3) is 11.0 Å². The highest BCUT2D eigenvalue weighted by Gasteiger charge is 2.45. The van der Waals surface area contributed by atoms with Gasteiger partial charge in [0, 0.05) is 32.5 Å². The van der Waals surface area contributed by atoms with Crippen molar-refractivity contribution in [3.63, 3.8) is 0 Å². The van der Waals surface area contributed by atoms with Crippen molar-refractivity contribution in [3.05, 3.63) is 107 Å². The van der Waals surface area contributed by atoms with E-state index < -0.39 is 16.3 Å². The number of anilines is 2. The van der Waals surface area contributed by atoms with E-state index in [0.29, 0.717) is 28.3 Å². The molecule has 3 aromatic carbocycles. The summed E-state index contributed by atoms with van der Waals surface area (Å²) in [6.07, 6.45) is 3.82. The van der Waals surface area contributed by atoms with Crippen molar-refractivity contribution >= 4 is 40.2 Å². The second-order valence-electron chi connectivity index (χ2n) is 12.2. The molecule has 1 atom stereocenters. The third kappa shape index (κ3) is 5.86. The van der Waals surface area contributed by atoms with Gasteiger partial charge in [-0.1, -0.05) is 36.4 Å². The van der Waals surface area contributed by atoms with Crippen LogP contribution in [0.5, 0.6) is 17.2 Å². The van der Waals surface area contributed by atoms with Crippen LogP contribution in [0, 0.1) is 6.92 Å². The number of fused-ring (bicyclic) bond motifs is 2. The number of Topliss-reactive ketones (excluding diaryl/α,β-unsaturated/α-hetero) is 1. The number of aromatic nitrogens is 3. The van der Waals surface area contributed by atoms with Gasteiger partial charge in [-0.3, -0.25) is 14.2 Å². The van der Waals surface area contributed by atoms with Crippen LogP contribution in [0.4, 0.5) is 11.6 Å². The van der Waals surface area contributed by atoms with Crippen LogP contribution in [0.1, 0.15) is 48.7 Å². The van der Waals surface area contributed by atoms with Gasteiger partial charge in [-0.05, 0) is 94.7 Å². The second-order valence-corrected chi connectivity index (χ2v) is 13.9. The molecule has 2 aliphatic heterocycles. The zero-order valence-corrected chi connectivity index (χ0v) is 26.8. The Kier molecular flexibility index (Phi) is 8.00. The molecule has 1 saturated heterocycles. The molecule has 0 amide bonds. The van der Waals surface area contributed by atoms with E-state index in [0.717, 1.165) is 47.8 Å². The lowest BCUT2D eigenvalue weighted by Crippen LogP contribution is -2.44. The SMILES string of the molecule is Cc1ccccc1Oc1cc2cnc(Nc3ccc(OC4CCNCC4)cc3)nc2n(C2C(=O)c3ccccc3SC2(C)C)c1=O. The highest BCUT2D eigenvalue weighted by atomic mass is 32.2. The minimum absolute atomic E-state index is 0.0999. The molecule has 234 valence electrons. The van der Waals surface area contributed by atoms with E-state index in [1.54, 1.807) is 24.0 Å². The average molecular weight is 634 g/mol. The normalized spacial score (nSPS) is 17.8. The summed E-state index contributed by atoms with van der Waals surface area (Å²) < 4.78 is 13.2. The number of ketones is 1. The smallest absolute Gasteiger partial charge is 0.295 e. The van der Waals surface area contributed by atoms with Gasteiger partial charge >= 0.3 is 0 Å². The van der Waals surface area contributed by atoms with Gasteiger partial charge in [0.05, 0.1) is 0 Å². The van der Waals surface area contributed by atoms with Gasteiger partial charge in [-0.15, -0.1) is 11.8 Å². The molecule has 4 heterocycles. The molecule has 0 spiro atoms. The number of nitrogens with zero attached hydrogens (tertiary/aromatic N) is 3. The maximum Gasteiger partial charge on any atom is 0.295 e. The summed E-state index contributed by atoms with van der Waals surface area (Å²) in [5, 5.41) is 7.19. The number of nitrogens with one attached hydrogen (secondary N) is 2. The number of rotatable bonds is 7. The number of para-hydroxylation sites is 1. The summed E-state index contributed by atoms with van der Waals surface area (Å²) in [7, 11) is 0. The topological polar surface area (TPSA) is 107 Å². The van der Waals surface area contributed by atoms with E-state index in [1.807, 2.05) is 93.6 Å². The minimum atomic E-state index is -0.850. The second kappa shape index (κ2) is 12.3. The average Bonchev–Trinajstić information content (AvgIpc) is 3.05. The number of piperidine rings is 1. The van der Waals surface area contributed by atoms with Gasteiger partial charge in [-0.25, -0.2) is 4.98 Å². The quantitative estimate of drug-likeness (QED) is 0.195. The molecule has 2 aliphatic rings. The molecule has 2 N–H and O–H groups in total. The standard InChI is InChI=1S/C36H35N5O4S/c1-22-8-4-6-10-28(22)45-29-20-23-21-38-35(39-24-12-14-25(15-13-24)44-26-16-18-37-19-17-26)40-33(23)41(34(29)43)32-31(42)27-9-5-7-11-30(27)46-36(32,2)3/h4-15,20-21,26,32,37H,16-19H2,1-3H3,(H,38,39,40). The highest BCUT2D eigenvalue weighted by Crippen LogP contribution is 2.48. The zero-order valence-electron chi connectivity index (χ0n) is 25.9. The van der Waals surface area contributed by atoms with E-state index in [2.05, 4.69) is 15.6 Å². The number of ether oxygens (including phenoxy) is 2. The molecule has 0 radical (unpaired) electrons. The van der Waals surface area contributed by atoms with Gasteiger partial charge in [0.15, 0.2) is 11.5 Å². The molecule has 46 heavy (non-hydrogen) atoms. The van der Waals surface area contributed by atoms with Crippen LogP contribution < -0.4 is 25.7 Å². The Labute approximate surface area is 271 Å². The number of hydrogen-bond acceptors (Lipinski definition) is 9. The lowest BCUT2D eigenvalue weighted by atomic mass is 9.92. The molecule has 7 rings (SSSR count). The third-order valence-corrected chi connectivity index (χ3v) is 9.77. The van der Waals surface area contributed by atoms with Gasteiger partial charge in [0.1, 0.15) is 29.3 Å². The van der Waals surface area contributed by atoms with Crippen LogP contribution in [-0.4, -0.2) is 44.3 Å². The van der Waals surface area contributed by atoms with E-state index in [-0.39, 0.29) is 17.6 Å². The number of carbonyl (C=O) groups excluding carboxylic acids is 1. The summed E-state index contributed by atoms with van der Waals surface area (Å²) in [6, 6.07) is 23.5. The molecule has 1 fully saturated rings. The molecular formula is C36H35N5O4S. The molecule has 9 nitrogen and oxygen atoms in total. The van der Waals surface area contributed by atoms with Crippen molar-refractivity contribution < 1.29 is 14.3 Å². The number of benzene rings is 3. The highest BCUT2D eigenvalue weighted by molar-refractivity contribution is 8.00. The van der Waals surface area contributed by atoms with Crippen molar-refractivity contribution in [2.45, 2.75) is 55.4 Å². The first kappa shape index (κ1) is 30.0. The number of hydrogen-bond donors (Lipinski definition) is 2. The number of thioether (sulfide) groups is 1. The van der Waals surface area contributed by atoms with Gasteiger partial charge in [0.2, 0.25) is 5.95 Å². The van der Waals surface area contributed by atoms with Crippen LogP contribution in [0.15, 0.2) is 94.7 Å². The Morgan fingerprint density at radius 1 is 0.957 bits per heavy atom. The number of aryl methyl sites for hydroxylation is 1. The van der Waals surface area contributed by atoms with E-state index >= 15 is 0 Å². The minimum Gasteiger partial charge on any atom is -0.490 e. The van der Waals surface area contributed by atoms with E-state index in [1.165, 1.54) is 4.57 Å². The van der Waals surface area contributed by atoms with Gasteiger partial charge in [0.25, 0.3) is 5.56 Å². The molecular weight excluding hydrogens is 598 g/mol. The summed E-state index contributed by atoms with van der Waals surface area (Å²) in [4.78, 5) is 38.9. The van der Waals surface area contributed by atoms with Crippen LogP contribution >= 0.6 is 11.8 Å². The Morgan fingerprint density at radius 2 is 1.70 bits per heavy atom. The summed E-state index contributed by atoms with van der Waals surface area (Å²) in [5.41, 5.74) is 2.14. The lowest BCUT2D eigenvalue weighted by Gasteiger charge is -2.38. The predicted octanol–water partition coefficient (Wildman–Crippen LogP) is 7.07. The lowest BCUT2D eigenvalue weighted by molar-refractivity contribution is 0.0897. The summed E-state index contributed by atoms with van der Waals surface area (Å²) in [6.45, 7) is 7.81. The summed E-state index contributed by atoms with van der Waals surface area (Å²) in [5.74, 6) is 1.62. The van der Waals surface area contributed by atoms with Crippen LogP contribution in [0.3, 0.4) is 0 Å². The van der Waals surface area contributed by atoms with Crippen molar-refractivity contribution in [1.29, 1.82) is 0 Å². The predicted molar refractivity (Wildman–Crippen MR) is 181 cm³/mol. The zero-order chi connectivity index (χ0) is 31.8. The maximum atomic E-state index is 14.4.